The summed E-state index contributed by atoms with van der Waals surface area (Å²) in [6.07, 6.45) is 3.18. The third kappa shape index (κ3) is 2.68. The van der Waals surface area contributed by atoms with Crippen LogP contribution in [0.25, 0.3) is 6.08 Å². The number of ether oxygens (including phenoxy) is 1. The van der Waals surface area contributed by atoms with Gasteiger partial charge in [-0.2, -0.15) is 0 Å². The van der Waals surface area contributed by atoms with Crippen LogP contribution in [0.2, 0.25) is 0 Å². The molecule has 1 heterocycles. The Bertz CT molecular complexity index is 537. The van der Waals surface area contributed by atoms with E-state index in [1.807, 2.05) is 18.2 Å². The molecule has 0 aliphatic carbocycles. The summed E-state index contributed by atoms with van der Waals surface area (Å²) in [5.74, 6) is 0.373. The lowest BCUT2D eigenvalue weighted by Gasteiger charge is -2.08. The Morgan fingerprint density at radius 3 is 2.94 bits per heavy atom. The quantitative estimate of drug-likeness (QED) is 0.882. The minimum absolute atomic E-state index is 0.361. The summed E-state index contributed by atoms with van der Waals surface area (Å²) in [6.45, 7) is 4.12. The van der Waals surface area contributed by atoms with Gasteiger partial charge in [-0.3, -0.25) is 0 Å². The normalized spacial score (nSPS) is 10.2. The topological polar surface area (TPSA) is 47.3 Å². The highest BCUT2D eigenvalue weighted by molar-refractivity contribution is 9.10. The number of aromatic nitrogens is 2. The highest BCUT2D eigenvalue weighted by atomic mass is 79.9. The molecule has 5 heteroatoms. The van der Waals surface area contributed by atoms with Crippen LogP contribution in [0.15, 0.2) is 41.5 Å². The summed E-state index contributed by atoms with van der Waals surface area (Å²) in [7, 11) is 0. The number of benzene rings is 1. The zero-order chi connectivity index (χ0) is 12.3. The van der Waals surface area contributed by atoms with E-state index in [9.17, 15) is 0 Å². The van der Waals surface area contributed by atoms with E-state index in [1.54, 1.807) is 12.1 Å². The molecule has 4 nitrogen and oxygen atoms in total. The van der Waals surface area contributed by atoms with Crippen molar-refractivity contribution in [1.82, 2.24) is 9.94 Å². The fourth-order valence-electron chi connectivity index (χ4n) is 1.44. The first kappa shape index (κ1) is 11.7. The Labute approximate surface area is 107 Å². The van der Waals surface area contributed by atoms with Crippen LogP contribution in [0.4, 0.5) is 0 Å². The molecule has 2 aromatic rings. The molecule has 0 bridgehead atoms. The molecule has 1 N–H and O–H groups in total. The number of hydrogen-bond donors (Lipinski definition) is 1. The molecule has 0 atom stereocenters. The van der Waals surface area contributed by atoms with Crippen LogP contribution in [-0.2, 0) is 6.61 Å². The fourth-order valence-corrected chi connectivity index (χ4v) is 1.94. The largest absolute Gasteiger partial charge is 0.472 e. The number of hydrogen-bond acceptors (Lipinski definition) is 3. The Hall–Kier alpha value is -1.75. The summed E-state index contributed by atoms with van der Waals surface area (Å²) >= 11 is 3.46. The van der Waals surface area contributed by atoms with Gasteiger partial charge in [0.25, 0.3) is 0 Å². The lowest BCUT2D eigenvalue weighted by Crippen LogP contribution is -2.00. The highest BCUT2D eigenvalue weighted by Crippen LogP contribution is 2.23. The molecular weight excluding hydrogens is 284 g/mol. The predicted molar refractivity (Wildman–Crippen MR) is 68.0 cm³/mol. The van der Waals surface area contributed by atoms with Crippen molar-refractivity contribution in [3.8, 4) is 5.88 Å². The maximum Gasteiger partial charge on any atom is 0.236 e. The van der Waals surface area contributed by atoms with Gasteiger partial charge in [0, 0.05) is 16.1 Å². The number of halogens is 1. The highest BCUT2D eigenvalue weighted by Gasteiger charge is 2.06. The molecule has 0 amide bonds. The first-order valence-corrected chi connectivity index (χ1v) is 5.77. The molecule has 0 saturated carbocycles. The lowest BCUT2D eigenvalue weighted by molar-refractivity contribution is 0.141. The van der Waals surface area contributed by atoms with Crippen LogP contribution < -0.4 is 4.74 Å². The summed E-state index contributed by atoms with van der Waals surface area (Å²) in [5.41, 5.74) is 2.00. The fraction of sp³-hybridized carbons (Fsp3) is 0.0833. The van der Waals surface area contributed by atoms with Gasteiger partial charge in [0.15, 0.2) is 0 Å². The monoisotopic (exact) mass is 294 g/mol. The lowest BCUT2D eigenvalue weighted by atomic mass is 10.1. The molecule has 1 aromatic carbocycles. The molecule has 0 saturated heterocycles. The van der Waals surface area contributed by atoms with Crippen molar-refractivity contribution in [3.63, 3.8) is 0 Å². The van der Waals surface area contributed by atoms with Crippen LogP contribution in [0, 0.1) is 0 Å². The van der Waals surface area contributed by atoms with Crippen molar-refractivity contribution in [2.75, 3.05) is 0 Å². The van der Waals surface area contributed by atoms with Crippen LogP contribution in [-0.4, -0.2) is 15.2 Å². The predicted octanol–water partition coefficient (Wildman–Crippen LogP) is 3.10. The minimum atomic E-state index is 0.361. The van der Waals surface area contributed by atoms with Gasteiger partial charge in [0.2, 0.25) is 5.88 Å². The van der Waals surface area contributed by atoms with Crippen molar-refractivity contribution in [3.05, 3.63) is 52.6 Å². The van der Waals surface area contributed by atoms with E-state index in [0.717, 1.165) is 15.6 Å². The van der Waals surface area contributed by atoms with E-state index < -0.39 is 0 Å². The second kappa shape index (κ2) is 5.05. The molecule has 17 heavy (non-hydrogen) atoms. The Morgan fingerprint density at radius 1 is 1.47 bits per heavy atom. The first-order chi connectivity index (χ1) is 8.20. The summed E-state index contributed by atoms with van der Waals surface area (Å²) < 4.78 is 6.42. The summed E-state index contributed by atoms with van der Waals surface area (Å²) in [6, 6.07) is 7.43. The molecule has 2 rings (SSSR count). The SMILES string of the molecule is C=Cc1cccc(Br)c1COc1ccn(O)n1. The Morgan fingerprint density at radius 2 is 2.29 bits per heavy atom. The van der Waals surface area contributed by atoms with Gasteiger partial charge in [-0.25, -0.2) is 0 Å². The molecule has 1 aromatic heterocycles. The van der Waals surface area contributed by atoms with Crippen LogP contribution in [0.1, 0.15) is 11.1 Å². The van der Waals surface area contributed by atoms with E-state index in [4.69, 9.17) is 9.94 Å². The second-order valence-electron chi connectivity index (χ2n) is 3.37. The third-order valence-electron chi connectivity index (χ3n) is 2.29. The zero-order valence-electron chi connectivity index (χ0n) is 9.01. The molecule has 0 unspecified atom stereocenters. The van der Waals surface area contributed by atoms with Gasteiger partial charge in [-0.15, -0.1) is 4.85 Å². The van der Waals surface area contributed by atoms with Crippen molar-refractivity contribution in [2.45, 2.75) is 6.61 Å². The van der Waals surface area contributed by atoms with Gasteiger partial charge in [0.1, 0.15) is 6.61 Å². The van der Waals surface area contributed by atoms with Crippen LogP contribution >= 0.6 is 15.9 Å². The Kier molecular flexibility index (Phi) is 3.49. The minimum Gasteiger partial charge on any atom is -0.472 e. The van der Waals surface area contributed by atoms with Crippen molar-refractivity contribution >= 4 is 22.0 Å². The Balaban J connectivity index is 2.16. The molecule has 0 fully saturated rings. The van der Waals surface area contributed by atoms with E-state index in [0.29, 0.717) is 17.3 Å². The zero-order valence-corrected chi connectivity index (χ0v) is 10.6. The van der Waals surface area contributed by atoms with E-state index in [1.165, 1.54) is 6.20 Å². The molecule has 0 aliphatic heterocycles. The van der Waals surface area contributed by atoms with Crippen molar-refractivity contribution in [1.29, 1.82) is 0 Å². The molecule has 0 aliphatic rings. The van der Waals surface area contributed by atoms with Gasteiger partial charge < -0.3 is 9.94 Å². The first-order valence-electron chi connectivity index (χ1n) is 4.98. The third-order valence-corrected chi connectivity index (χ3v) is 3.03. The van der Waals surface area contributed by atoms with Gasteiger partial charge in [-0.1, -0.05) is 45.8 Å². The van der Waals surface area contributed by atoms with Crippen LogP contribution in [0.3, 0.4) is 0 Å². The molecule has 88 valence electrons. The molecular formula is C12H11BrN2O2. The van der Waals surface area contributed by atoms with Gasteiger partial charge >= 0.3 is 0 Å². The van der Waals surface area contributed by atoms with E-state index >= 15 is 0 Å². The van der Waals surface area contributed by atoms with Crippen molar-refractivity contribution in [2.24, 2.45) is 0 Å². The summed E-state index contributed by atoms with van der Waals surface area (Å²) in [5, 5.41) is 12.7. The number of nitrogens with zero attached hydrogens (tertiary/aromatic N) is 2. The molecule has 0 spiro atoms. The van der Waals surface area contributed by atoms with E-state index in [2.05, 4.69) is 27.6 Å². The van der Waals surface area contributed by atoms with E-state index in [-0.39, 0.29) is 0 Å². The maximum absolute atomic E-state index is 9.01. The van der Waals surface area contributed by atoms with Crippen LogP contribution in [0.5, 0.6) is 5.88 Å². The van der Waals surface area contributed by atoms with Gasteiger partial charge in [0.05, 0.1) is 6.20 Å². The van der Waals surface area contributed by atoms with Crippen molar-refractivity contribution < 1.29 is 9.94 Å². The standard InChI is InChI=1S/C12H11BrN2O2/c1-2-9-4-3-5-11(13)10(9)8-17-12-6-7-15(16)14-12/h2-7,16H,1,8H2. The maximum atomic E-state index is 9.01. The van der Waals surface area contributed by atoms with Gasteiger partial charge in [-0.05, 0) is 11.6 Å². The number of rotatable bonds is 4. The smallest absolute Gasteiger partial charge is 0.236 e. The second-order valence-corrected chi connectivity index (χ2v) is 4.23. The average molecular weight is 295 g/mol. The molecule has 0 radical (unpaired) electrons. The average Bonchev–Trinajstić information content (AvgIpc) is 2.73. The summed E-state index contributed by atoms with van der Waals surface area (Å²) in [4.78, 5) is 0.712.